The van der Waals surface area contributed by atoms with E-state index in [0.717, 1.165) is 42.0 Å². The van der Waals surface area contributed by atoms with Gasteiger partial charge in [-0.25, -0.2) is 0 Å². The molecule has 1 N–H and O–H groups in total. The monoisotopic (exact) mass is 331 g/mol. The van der Waals surface area contributed by atoms with Crippen LogP contribution in [0.2, 0.25) is 0 Å². The molecule has 0 bridgehead atoms. The second-order valence-corrected chi connectivity index (χ2v) is 6.91. The van der Waals surface area contributed by atoms with E-state index in [1.54, 1.807) is 7.11 Å². The average Bonchev–Trinajstić information content (AvgIpc) is 3.03. The average molecular weight is 331 g/mol. The number of anilines is 1. The summed E-state index contributed by atoms with van der Waals surface area (Å²) in [6.45, 7) is 0. The van der Waals surface area contributed by atoms with Crippen molar-refractivity contribution in [2.24, 2.45) is 5.92 Å². The molecule has 1 fully saturated rings. The van der Waals surface area contributed by atoms with E-state index in [9.17, 15) is 4.79 Å². The summed E-state index contributed by atoms with van der Waals surface area (Å²) >= 11 is 1.44. The molecule has 1 aliphatic rings. The van der Waals surface area contributed by atoms with Crippen LogP contribution in [-0.2, 0) is 11.2 Å². The van der Waals surface area contributed by atoms with Crippen molar-refractivity contribution in [2.45, 2.75) is 38.5 Å². The highest BCUT2D eigenvalue weighted by Crippen LogP contribution is 2.26. The van der Waals surface area contributed by atoms with Crippen LogP contribution in [-0.4, -0.2) is 23.2 Å². The van der Waals surface area contributed by atoms with Gasteiger partial charge in [0.2, 0.25) is 11.0 Å². The molecule has 1 saturated carbocycles. The summed E-state index contributed by atoms with van der Waals surface area (Å²) in [6, 6.07) is 7.89. The number of aromatic nitrogens is 2. The normalized spacial score (nSPS) is 15.3. The number of benzene rings is 1. The van der Waals surface area contributed by atoms with Crippen LogP contribution in [0.3, 0.4) is 0 Å². The topological polar surface area (TPSA) is 64.1 Å². The molecule has 2 aromatic rings. The predicted molar refractivity (Wildman–Crippen MR) is 90.9 cm³/mol. The molecule has 1 aromatic carbocycles. The molecule has 1 amide bonds. The van der Waals surface area contributed by atoms with Crippen molar-refractivity contribution >= 4 is 22.4 Å². The van der Waals surface area contributed by atoms with Gasteiger partial charge in [-0.15, -0.1) is 10.2 Å². The largest absolute Gasteiger partial charge is 0.497 e. The molecule has 0 unspecified atom stereocenters. The van der Waals surface area contributed by atoms with Crippen LogP contribution in [0.1, 0.15) is 42.7 Å². The van der Waals surface area contributed by atoms with Crippen LogP contribution >= 0.6 is 11.3 Å². The molecule has 0 saturated heterocycles. The third kappa shape index (κ3) is 4.28. The van der Waals surface area contributed by atoms with Gasteiger partial charge in [-0.1, -0.05) is 42.7 Å². The van der Waals surface area contributed by atoms with E-state index in [-0.39, 0.29) is 11.8 Å². The first-order valence-electron chi connectivity index (χ1n) is 8.01. The summed E-state index contributed by atoms with van der Waals surface area (Å²) in [5.41, 5.74) is 1.15. The first kappa shape index (κ1) is 15.9. The van der Waals surface area contributed by atoms with Crippen molar-refractivity contribution in [1.82, 2.24) is 10.2 Å². The number of hydrogen-bond acceptors (Lipinski definition) is 5. The van der Waals surface area contributed by atoms with Gasteiger partial charge in [0.25, 0.3) is 0 Å². The Morgan fingerprint density at radius 1 is 1.22 bits per heavy atom. The second-order valence-electron chi connectivity index (χ2n) is 5.85. The van der Waals surface area contributed by atoms with E-state index >= 15 is 0 Å². The molecule has 1 aliphatic carbocycles. The Labute approximate surface area is 140 Å². The maximum absolute atomic E-state index is 12.2. The van der Waals surface area contributed by atoms with Crippen molar-refractivity contribution < 1.29 is 9.53 Å². The summed E-state index contributed by atoms with van der Waals surface area (Å²) in [7, 11) is 1.65. The molecule has 0 atom stereocenters. The van der Waals surface area contributed by atoms with Crippen LogP contribution in [0.5, 0.6) is 5.75 Å². The Bertz CT molecular complexity index is 648. The molecule has 23 heavy (non-hydrogen) atoms. The first-order valence-corrected chi connectivity index (χ1v) is 8.82. The number of methoxy groups -OCH3 is 1. The molecule has 0 aliphatic heterocycles. The standard InChI is InChI=1S/C17H21N3O2S/c1-22-14-9-7-12(8-10-14)11-15-19-20-17(23-15)18-16(21)13-5-3-2-4-6-13/h7-10,13H,2-6,11H2,1H3,(H,18,20,21). The molecular weight excluding hydrogens is 310 g/mol. The Morgan fingerprint density at radius 2 is 1.96 bits per heavy atom. The summed E-state index contributed by atoms with van der Waals surface area (Å²) in [6.07, 6.45) is 6.23. The van der Waals surface area contributed by atoms with Gasteiger partial charge in [0, 0.05) is 12.3 Å². The van der Waals surface area contributed by atoms with E-state index in [0.29, 0.717) is 11.6 Å². The summed E-state index contributed by atoms with van der Waals surface area (Å²) in [5, 5.41) is 12.7. The van der Waals surface area contributed by atoms with E-state index in [1.807, 2.05) is 24.3 Å². The van der Waals surface area contributed by atoms with Crippen molar-refractivity contribution in [3.05, 3.63) is 34.8 Å². The van der Waals surface area contributed by atoms with Gasteiger partial charge in [0.05, 0.1) is 7.11 Å². The van der Waals surface area contributed by atoms with Crippen LogP contribution < -0.4 is 10.1 Å². The molecular formula is C17H21N3O2S. The predicted octanol–water partition coefficient (Wildman–Crippen LogP) is 3.66. The van der Waals surface area contributed by atoms with Gasteiger partial charge in [-0.3, -0.25) is 4.79 Å². The van der Waals surface area contributed by atoms with E-state index in [1.165, 1.54) is 17.8 Å². The maximum atomic E-state index is 12.2. The molecule has 1 heterocycles. The van der Waals surface area contributed by atoms with Crippen LogP contribution in [0.4, 0.5) is 5.13 Å². The Morgan fingerprint density at radius 3 is 2.65 bits per heavy atom. The van der Waals surface area contributed by atoms with Crippen LogP contribution in [0.15, 0.2) is 24.3 Å². The number of rotatable bonds is 5. The fourth-order valence-electron chi connectivity index (χ4n) is 2.87. The Hall–Kier alpha value is -1.95. The molecule has 1 aromatic heterocycles. The number of carbonyl (C=O) groups excluding carboxylic acids is 1. The lowest BCUT2D eigenvalue weighted by atomic mass is 9.89. The van der Waals surface area contributed by atoms with E-state index in [2.05, 4.69) is 15.5 Å². The van der Waals surface area contributed by atoms with Crippen molar-refractivity contribution in [1.29, 1.82) is 0 Å². The highest BCUT2D eigenvalue weighted by Gasteiger charge is 2.22. The number of carbonyl (C=O) groups is 1. The highest BCUT2D eigenvalue weighted by molar-refractivity contribution is 7.15. The number of nitrogens with zero attached hydrogens (tertiary/aromatic N) is 2. The quantitative estimate of drug-likeness (QED) is 0.908. The third-order valence-corrected chi connectivity index (χ3v) is 5.03. The highest BCUT2D eigenvalue weighted by atomic mass is 32.1. The SMILES string of the molecule is COc1ccc(Cc2nnc(NC(=O)C3CCCCC3)s2)cc1. The smallest absolute Gasteiger partial charge is 0.229 e. The lowest BCUT2D eigenvalue weighted by Gasteiger charge is -2.19. The fourth-order valence-corrected chi connectivity index (χ4v) is 3.64. The number of amides is 1. The van der Waals surface area contributed by atoms with Crippen molar-refractivity contribution in [2.75, 3.05) is 12.4 Å². The summed E-state index contributed by atoms with van der Waals surface area (Å²) in [4.78, 5) is 12.2. The van der Waals surface area contributed by atoms with E-state index < -0.39 is 0 Å². The lowest BCUT2D eigenvalue weighted by Crippen LogP contribution is -2.24. The van der Waals surface area contributed by atoms with E-state index in [4.69, 9.17) is 4.74 Å². The summed E-state index contributed by atoms with van der Waals surface area (Å²) < 4.78 is 5.15. The maximum Gasteiger partial charge on any atom is 0.229 e. The second kappa shape index (κ2) is 7.55. The van der Waals surface area contributed by atoms with Gasteiger partial charge >= 0.3 is 0 Å². The number of hydrogen-bond donors (Lipinski definition) is 1. The lowest BCUT2D eigenvalue weighted by molar-refractivity contribution is -0.120. The van der Waals surface area contributed by atoms with Crippen molar-refractivity contribution in [3.8, 4) is 5.75 Å². The number of nitrogens with one attached hydrogen (secondary N) is 1. The molecule has 3 rings (SSSR count). The minimum atomic E-state index is 0.0943. The minimum absolute atomic E-state index is 0.0943. The van der Waals surface area contributed by atoms with Gasteiger partial charge in [-0.2, -0.15) is 0 Å². The first-order chi connectivity index (χ1) is 11.2. The summed E-state index contributed by atoms with van der Waals surface area (Å²) in [5.74, 6) is 1.07. The van der Waals surface area contributed by atoms with Crippen molar-refractivity contribution in [3.63, 3.8) is 0 Å². The van der Waals surface area contributed by atoms with Crippen LogP contribution in [0.25, 0.3) is 0 Å². The zero-order chi connectivity index (χ0) is 16.1. The molecule has 122 valence electrons. The zero-order valence-corrected chi connectivity index (χ0v) is 14.1. The molecule has 5 nitrogen and oxygen atoms in total. The third-order valence-electron chi connectivity index (χ3n) is 4.19. The Kier molecular flexibility index (Phi) is 5.23. The fraction of sp³-hybridized carbons (Fsp3) is 0.471. The molecule has 6 heteroatoms. The molecule has 0 radical (unpaired) electrons. The molecule has 0 spiro atoms. The number of ether oxygens (including phenoxy) is 1. The zero-order valence-electron chi connectivity index (χ0n) is 13.2. The Balaban J connectivity index is 1.57. The van der Waals surface area contributed by atoms with Gasteiger partial charge in [-0.05, 0) is 30.5 Å². The van der Waals surface area contributed by atoms with Gasteiger partial charge in [0.1, 0.15) is 10.8 Å². The van der Waals surface area contributed by atoms with Gasteiger partial charge < -0.3 is 10.1 Å². The van der Waals surface area contributed by atoms with Crippen LogP contribution in [0, 0.1) is 5.92 Å². The minimum Gasteiger partial charge on any atom is -0.497 e. The van der Waals surface area contributed by atoms with Gasteiger partial charge in [0.15, 0.2) is 0 Å².